The molecule has 0 saturated heterocycles. The van der Waals surface area contributed by atoms with Crippen molar-refractivity contribution in [2.45, 2.75) is 33.5 Å². The summed E-state index contributed by atoms with van der Waals surface area (Å²) in [5.74, 6) is -1.93. The third-order valence-corrected chi connectivity index (χ3v) is 8.26. The van der Waals surface area contributed by atoms with Gasteiger partial charge < -0.3 is 9.55 Å². The quantitative estimate of drug-likeness (QED) is 0.262. The summed E-state index contributed by atoms with van der Waals surface area (Å²) < 4.78 is 33.3. The van der Waals surface area contributed by atoms with Gasteiger partial charge in [-0.1, -0.05) is 29.3 Å². The molecule has 7 aromatic rings. The number of rotatable bonds is 6. The van der Waals surface area contributed by atoms with Gasteiger partial charge in [-0.2, -0.15) is 0 Å². The van der Waals surface area contributed by atoms with Gasteiger partial charge >= 0.3 is 11.4 Å². The molecule has 0 radical (unpaired) electrons. The Labute approximate surface area is 284 Å². The van der Waals surface area contributed by atoms with Crippen LogP contribution in [0.25, 0.3) is 33.7 Å². The molecule has 0 aliphatic rings. The van der Waals surface area contributed by atoms with E-state index in [-0.39, 0.29) is 29.8 Å². The third kappa shape index (κ3) is 6.11. The number of hydrogen-bond donors (Lipinski definition) is 1. The van der Waals surface area contributed by atoms with E-state index in [1.165, 1.54) is 32.4 Å². The van der Waals surface area contributed by atoms with Gasteiger partial charge in [0, 0.05) is 29.7 Å². The number of hydrogen-bond acceptors (Lipinski definition) is 6. The number of benzene rings is 3. The topological polar surface area (TPSA) is 134 Å². The first-order chi connectivity index (χ1) is 23.5. The van der Waals surface area contributed by atoms with Crippen molar-refractivity contribution in [1.29, 1.82) is 0 Å². The molecule has 0 atom stereocenters. The maximum absolute atomic E-state index is 13.6. The van der Waals surface area contributed by atoms with Crippen molar-refractivity contribution in [3.05, 3.63) is 148 Å². The van der Waals surface area contributed by atoms with Crippen LogP contribution >= 0.6 is 23.2 Å². The van der Waals surface area contributed by atoms with E-state index in [2.05, 4.69) is 15.0 Å². The number of aromatic nitrogens is 8. The highest BCUT2D eigenvalue weighted by molar-refractivity contribution is 6.30. The van der Waals surface area contributed by atoms with E-state index in [4.69, 9.17) is 23.2 Å². The summed E-state index contributed by atoms with van der Waals surface area (Å²) in [6.45, 7) is 3.98. The smallest absolute Gasteiger partial charge is 0.337 e. The molecule has 7 rings (SSSR count). The second kappa shape index (κ2) is 13.5. The Morgan fingerprint density at radius 3 is 1.80 bits per heavy atom. The van der Waals surface area contributed by atoms with Gasteiger partial charge in [-0.05, 0) is 80.1 Å². The highest BCUT2D eigenvalue weighted by Crippen LogP contribution is 2.18. The fraction of sp³-hybridized carbons (Fsp3) is 0.152. The molecule has 0 fully saturated rings. The lowest BCUT2D eigenvalue weighted by Gasteiger charge is -2.12. The number of halogens is 4. The van der Waals surface area contributed by atoms with E-state index < -0.39 is 28.6 Å². The summed E-state index contributed by atoms with van der Waals surface area (Å²) >= 11 is 11.8. The highest BCUT2D eigenvalue weighted by Gasteiger charge is 2.19. The van der Waals surface area contributed by atoms with Crippen molar-refractivity contribution in [3.8, 4) is 11.4 Å². The first-order valence-electron chi connectivity index (χ1n) is 14.9. The molecular weight excluding hydrogens is 681 g/mol. The van der Waals surface area contributed by atoms with E-state index in [0.29, 0.717) is 44.7 Å². The second-order valence-electron chi connectivity index (χ2n) is 10.7. The Morgan fingerprint density at radius 1 is 0.694 bits per heavy atom. The number of fused-ring (bicyclic) bond motifs is 2. The predicted octanol–water partition coefficient (Wildman–Crippen LogP) is 4.90. The monoisotopic (exact) mass is 706 g/mol. The molecule has 0 unspecified atom stereocenters. The average molecular weight is 708 g/mol. The first kappa shape index (κ1) is 33.3. The van der Waals surface area contributed by atoms with E-state index in [0.717, 1.165) is 21.3 Å². The van der Waals surface area contributed by atoms with Gasteiger partial charge in [0.05, 0.1) is 24.0 Å². The molecule has 12 nitrogen and oxygen atoms in total. The molecule has 1 N–H and O–H groups in total. The van der Waals surface area contributed by atoms with Crippen molar-refractivity contribution in [1.82, 2.24) is 37.8 Å². The van der Waals surface area contributed by atoms with E-state index in [1.807, 2.05) is 0 Å². The Kier molecular flexibility index (Phi) is 9.17. The number of imidazole rings is 2. The normalized spacial score (nSPS) is 11.2. The summed E-state index contributed by atoms with van der Waals surface area (Å²) in [5.41, 5.74) is 0.741. The van der Waals surface area contributed by atoms with Crippen LogP contribution in [0, 0.1) is 11.6 Å². The van der Waals surface area contributed by atoms with Crippen molar-refractivity contribution < 1.29 is 8.78 Å². The molecule has 250 valence electrons. The van der Waals surface area contributed by atoms with Crippen molar-refractivity contribution >= 4 is 45.5 Å². The number of nitrogens with zero attached hydrogens (tertiary/aromatic N) is 7. The Morgan fingerprint density at radius 2 is 1.24 bits per heavy atom. The molecule has 16 heteroatoms. The Balaban J connectivity index is 0.000000182. The van der Waals surface area contributed by atoms with Crippen LogP contribution in [0.15, 0.2) is 98.6 Å². The highest BCUT2D eigenvalue weighted by atomic mass is 35.5. The fourth-order valence-electron chi connectivity index (χ4n) is 5.39. The van der Waals surface area contributed by atoms with Gasteiger partial charge in [-0.25, -0.2) is 37.5 Å². The van der Waals surface area contributed by atoms with Crippen molar-refractivity contribution in [3.63, 3.8) is 0 Å². The van der Waals surface area contributed by atoms with Crippen LogP contribution in [0.1, 0.15) is 19.4 Å². The van der Waals surface area contributed by atoms with Crippen molar-refractivity contribution in [2.75, 3.05) is 0 Å². The van der Waals surface area contributed by atoms with Crippen LogP contribution in [0.2, 0.25) is 10.0 Å². The molecule has 4 heterocycles. The van der Waals surface area contributed by atoms with E-state index in [9.17, 15) is 28.0 Å². The van der Waals surface area contributed by atoms with E-state index in [1.54, 1.807) is 62.4 Å². The Hall–Kier alpha value is -5.60. The van der Waals surface area contributed by atoms with E-state index >= 15 is 0 Å². The van der Waals surface area contributed by atoms with Gasteiger partial charge in [0.1, 0.15) is 5.52 Å². The number of H-pyrrole nitrogens is 1. The molecule has 0 bridgehead atoms. The molecule has 0 aliphatic carbocycles. The summed E-state index contributed by atoms with van der Waals surface area (Å²) in [6, 6.07) is 16.9. The first-order valence-corrected chi connectivity index (χ1v) is 15.6. The zero-order valence-electron chi connectivity index (χ0n) is 25.9. The van der Waals surface area contributed by atoms with Crippen LogP contribution in [0.5, 0.6) is 0 Å². The third-order valence-electron chi connectivity index (χ3n) is 7.75. The van der Waals surface area contributed by atoms with Gasteiger partial charge in [-0.3, -0.25) is 18.7 Å². The molecule has 0 spiro atoms. The Bertz CT molecular complexity index is 2580. The molecule has 49 heavy (non-hydrogen) atoms. The molecule has 3 aromatic carbocycles. The summed E-state index contributed by atoms with van der Waals surface area (Å²) in [6.07, 6.45) is 2.80. The summed E-state index contributed by atoms with van der Waals surface area (Å²) in [5, 5.41) is 1.08. The van der Waals surface area contributed by atoms with Crippen LogP contribution in [0.4, 0.5) is 8.78 Å². The second-order valence-corrected chi connectivity index (χ2v) is 11.6. The maximum Gasteiger partial charge on any atom is 0.337 e. The predicted molar refractivity (Wildman–Crippen MR) is 182 cm³/mol. The van der Waals surface area contributed by atoms with Gasteiger partial charge in [0.25, 0.3) is 11.1 Å². The minimum absolute atomic E-state index is 0.0888. The largest absolute Gasteiger partial charge is 0.339 e. The lowest BCUT2D eigenvalue weighted by atomic mass is 10.2. The maximum atomic E-state index is 13.6. The van der Waals surface area contributed by atoms with Crippen LogP contribution in [-0.4, -0.2) is 37.8 Å². The minimum atomic E-state index is -0.976. The van der Waals surface area contributed by atoms with Gasteiger partial charge in [0.2, 0.25) is 0 Å². The molecular formula is C33H26Cl2F2N8O4. The zero-order valence-corrected chi connectivity index (χ0v) is 27.4. The average Bonchev–Trinajstić information content (AvgIpc) is 3.74. The standard InChI is InChI=1S/C20H15ClF2N4O2.C13H11ClN4O2/c1-2-26-19(28)17-18(27(20(26)29)14-6-4-13(21)5-7-14)24-11-25(17)10-12-3-8-15(22)16(23)9-12;1-2-17-12(19)10-11(16-7-15-10)18(13(17)20)9-5-3-8(14)4-6-9/h3-9,11H,2,10H2,1H3;3-7H,2H2,1H3,(H,15,16). The fourth-order valence-corrected chi connectivity index (χ4v) is 5.64. The van der Waals surface area contributed by atoms with Crippen LogP contribution < -0.4 is 22.5 Å². The zero-order chi connectivity index (χ0) is 35.0. The summed E-state index contributed by atoms with van der Waals surface area (Å²) in [7, 11) is 0. The van der Waals surface area contributed by atoms with Crippen LogP contribution in [0.3, 0.4) is 0 Å². The molecule has 0 saturated carbocycles. The number of aromatic amines is 1. The molecule has 0 amide bonds. The lowest BCUT2D eigenvalue weighted by Crippen LogP contribution is -2.39. The van der Waals surface area contributed by atoms with Gasteiger partial charge in [0.15, 0.2) is 28.4 Å². The van der Waals surface area contributed by atoms with Gasteiger partial charge in [-0.15, -0.1) is 0 Å². The van der Waals surface area contributed by atoms with Crippen LogP contribution in [-0.2, 0) is 19.6 Å². The minimum Gasteiger partial charge on any atom is -0.339 e. The lowest BCUT2D eigenvalue weighted by molar-refractivity contribution is 0.506. The SMILES string of the molecule is CCn1c(=O)c2[nH]cnc2n(-c2ccc(Cl)cc2)c1=O.CCn1c(=O)c2c(ncn2Cc2ccc(F)c(F)c2)n(-c2ccc(Cl)cc2)c1=O. The molecule has 0 aliphatic heterocycles. The molecule has 4 aromatic heterocycles. The number of nitrogens with one attached hydrogen (secondary N) is 1. The van der Waals surface area contributed by atoms with Crippen molar-refractivity contribution in [2.24, 2.45) is 0 Å². The summed E-state index contributed by atoms with van der Waals surface area (Å²) in [4.78, 5) is 61.6.